The lowest BCUT2D eigenvalue weighted by Gasteiger charge is -2.18. The fraction of sp³-hybridized carbons (Fsp3) is 0.316. The number of halogens is 1. The van der Waals surface area contributed by atoms with Crippen molar-refractivity contribution in [3.63, 3.8) is 0 Å². The number of amides is 1. The van der Waals surface area contributed by atoms with Crippen LogP contribution in [0.1, 0.15) is 23.8 Å². The molecule has 2 aromatic heterocycles. The molecule has 1 aromatic carbocycles. The number of carbonyl (C=O) groups excluding carboxylic acids is 1. The van der Waals surface area contributed by atoms with Crippen LogP contribution in [-0.4, -0.2) is 21.2 Å². The number of para-hydroxylation sites is 1. The van der Waals surface area contributed by atoms with Gasteiger partial charge in [0.2, 0.25) is 5.91 Å². The molecule has 27 heavy (non-hydrogen) atoms. The fourth-order valence-electron chi connectivity index (χ4n) is 3.45. The van der Waals surface area contributed by atoms with Gasteiger partial charge in [0, 0.05) is 4.88 Å². The quantitative estimate of drug-likeness (QED) is 0.536. The zero-order valence-corrected chi connectivity index (χ0v) is 16.3. The summed E-state index contributed by atoms with van der Waals surface area (Å²) in [5.41, 5.74) is 6.15. The molecule has 0 unspecified atom stereocenters. The van der Waals surface area contributed by atoms with Crippen molar-refractivity contribution in [1.82, 2.24) is 9.55 Å². The Bertz CT molecular complexity index is 1110. The maximum Gasteiger partial charge on any atom is 0.267 e. The Kier molecular flexibility index (Phi) is 4.77. The summed E-state index contributed by atoms with van der Waals surface area (Å²) in [6.07, 6.45) is 2.79. The van der Waals surface area contributed by atoms with Crippen molar-refractivity contribution >= 4 is 39.2 Å². The average molecular weight is 404 g/mol. The second-order valence-corrected chi connectivity index (χ2v) is 8.80. The molecule has 0 fully saturated rings. The third-order valence-corrected chi connectivity index (χ3v) is 6.84. The standard InChI is InChI=1S/C19H18FN3O2S2/c1-10-6-7-11-14(8-10)27-17-16(11)18(25)23(13-5-3-2-4-12(13)20)19(22-17)26-9-15(21)24/h2-5,10H,6-9H2,1H3,(H2,21,24)/t10-/m0/s1. The molecule has 0 spiro atoms. The summed E-state index contributed by atoms with van der Waals surface area (Å²) in [4.78, 5) is 31.1. The van der Waals surface area contributed by atoms with E-state index >= 15 is 0 Å². The van der Waals surface area contributed by atoms with Crippen LogP contribution in [0.3, 0.4) is 0 Å². The average Bonchev–Trinajstić information content (AvgIpc) is 2.98. The van der Waals surface area contributed by atoms with E-state index in [4.69, 9.17) is 5.73 Å². The summed E-state index contributed by atoms with van der Waals surface area (Å²) in [6, 6.07) is 6.08. The van der Waals surface area contributed by atoms with Crippen molar-refractivity contribution in [3.8, 4) is 5.69 Å². The van der Waals surface area contributed by atoms with Crippen molar-refractivity contribution in [1.29, 1.82) is 0 Å². The Labute approximate surface area is 163 Å². The molecule has 1 atom stereocenters. The first kappa shape index (κ1) is 18.2. The first-order valence-corrected chi connectivity index (χ1v) is 10.5. The van der Waals surface area contributed by atoms with Crippen molar-refractivity contribution in [2.75, 3.05) is 5.75 Å². The Morgan fingerprint density at radius 2 is 2.22 bits per heavy atom. The number of benzene rings is 1. The van der Waals surface area contributed by atoms with E-state index in [1.165, 1.54) is 26.8 Å². The number of carbonyl (C=O) groups is 1. The van der Waals surface area contributed by atoms with Crippen LogP contribution in [0, 0.1) is 11.7 Å². The highest BCUT2D eigenvalue weighted by Gasteiger charge is 2.25. The monoisotopic (exact) mass is 403 g/mol. The van der Waals surface area contributed by atoms with Gasteiger partial charge >= 0.3 is 0 Å². The molecule has 0 saturated heterocycles. The first-order chi connectivity index (χ1) is 13.0. The number of aromatic nitrogens is 2. The summed E-state index contributed by atoms with van der Waals surface area (Å²) >= 11 is 2.58. The number of aryl methyl sites for hydroxylation is 1. The topological polar surface area (TPSA) is 78.0 Å². The number of fused-ring (bicyclic) bond motifs is 3. The Balaban J connectivity index is 1.99. The lowest BCUT2D eigenvalue weighted by Crippen LogP contribution is -2.24. The van der Waals surface area contributed by atoms with Gasteiger partial charge < -0.3 is 5.73 Å². The second kappa shape index (κ2) is 7.09. The molecule has 4 rings (SSSR count). The molecule has 0 radical (unpaired) electrons. The van der Waals surface area contributed by atoms with Crippen LogP contribution in [0.5, 0.6) is 0 Å². The SMILES string of the molecule is C[C@H]1CCc2c(sc3nc(SCC(N)=O)n(-c4ccccc4F)c(=O)c23)C1. The molecule has 1 aliphatic rings. The molecule has 3 aromatic rings. The van der Waals surface area contributed by atoms with E-state index in [0.717, 1.165) is 36.6 Å². The molecule has 5 nitrogen and oxygen atoms in total. The van der Waals surface area contributed by atoms with Crippen LogP contribution in [0.2, 0.25) is 0 Å². The number of thioether (sulfide) groups is 1. The molecule has 1 amide bonds. The van der Waals surface area contributed by atoms with Gasteiger partial charge in [-0.2, -0.15) is 0 Å². The van der Waals surface area contributed by atoms with E-state index in [1.54, 1.807) is 18.2 Å². The molecular weight excluding hydrogens is 385 g/mol. The molecule has 8 heteroatoms. The van der Waals surface area contributed by atoms with E-state index in [0.29, 0.717) is 16.1 Å². The minimum Gasteiger partial charge on any atom is -0.369 e. The van der Waals surface area contributed by atoms with Gasteiger partial charge in [-0.15, -0.1) is 11.3 Å². The van der Waals surface area contributed by atoms with E-state index in [2.05, 4.69) is 11.9 Å². The highest BCUT2D eigenvalue weighted by Crippen LogP contribution is 2.37. The number of primary amides is 1. The predicted molar refractivity (Wildman–Crippen MR) is 106 cm³/mol. The van der Waals surface area contributed by atoms with Crippen LogP contribution in [-0.2, 0) is 17.6 Å². The number of thiophene rings is 1. The molecule has 0 saturated carbocycles. The van der Waals surface area contributed by atoms with E-state index in [1.807, 2.05) is 0 Å². The van der Waals surface area contributed by atoms with Gasteiger partial charge in [-0.1, -0.05) is 30.8 Å². The van der Waals surface area contributed by atoms with Gasteiger partial charge in [-0.25, -0.2) is 9.37 Å². The highest BCUT2D eigenvalue weighted by atomic mass is 32.2. The minimum atomic E-state index is -0.520. The lowest BCUT2D eigenvalue weighted by molar-refractivity contribution is -0.115. The first-order valence-electron chi connectivity index (χ1n) is 8.69. The third-order valence-electron chi connectivity index (χ3n) is 4.74. The zero-order chi connectivity index (χ0) is 19.1. The van der Waals surface area contributed by atoms with Crippen LogP contribution in [0.15, 0.2) is 34.2 Å². The lowest BCUT2D eigenvalue weighted by atomic mass is 9.89. The third kappa shape index (κ3) is 3.27. The van der Waals surface area contributed by atoms with Crippen molar-refractivity contribution in [2.45, 2.75) is 31.3 Å². The fourth-order valence-corrected chi connectivity index (χ4v) is 5.62. The van der Waals surface area contributed by atoms with Crippen molar-refractivity contribution < 1.29 is 9.18 Å². The zero-order valence-electron chi connectivity index (χ0n) is 14.7. The summed E-state index contributed by atoms with van der Waals surface area (Å²) in [5.74, 6) is -0.495. The number of hydrogen-bond acceptors (Lipinski definition) is 5. The Morgan fingerprint density at radius 3 is 2.96 bits per heavy atom. The van der Waals surface area contributed by atoms with Gasteiger partial charge in [0.15, 0.2) is 5.16 Å². The van der Waals surface area contributed by atoms with Crippen LogP contribution >= 0.6 is 23.1 Å². The summed E-state index contributed by atoms with van der Waals surface area (Å²) in [6.45, 7) is 2.20. The van der Waals surface area contributed by atoms with Crippen LogP contribution in [0.25, 0.3) is 15.9 Å². The largest absolute Gasteiger partial charge is 0.369 e. The molecule has 140 valence electrons. The smallest absolute Gasteiger partial charge is 0.267 e. The van der Waals surface area contributed by atoms with E-state index in [-0.39, 0.29) is 22.2 Å². The summed E-state index contributed by atoms with van der Waals surface area (Å²) in [5, 5.41) is 0.858. The summed E-state index contributed by atoms with van der Waals surface area (Å²) < 4.78 is 15.7. The minimum absolute atomic E-state index is 0.0332. The van der Waals surface area contributed by atoms with Crippen molar-refractivity contribution in [3.05, 3.63) is 50.9 Å². The molecule has 0 bridgehead atoms. The number of nitrogens with two attached hydrogens (primary N) is 1. The number of rotatable bonds is 4. The van der Waals surface area contributed by atoms with Gasteiger partial charge in [0.1, 0.15) is 10.6 Å². The Hall–Kier alpha value is -2.19. The predicted octanol–water partition coefficient (Wildman–Crippen LogP) is 3.29. The maximum atomic E-state index is 14.5. The van der Waals surface area contributed by atoms with Crippen LogP contribution < -0.4 is 11.3 Å². The summed E-state index contributed by atoms with van der Waals surface area (Å²) in [7, 11) is 0. The Morgan fingerprint density at radius 1 is 1.44 bits per heavy atom. The maximum absolute atomic E-state index is 14.5. The molecule has 2 heterocycles. The number of nitrogens with zero attached hydrogens (tertiary/aromatic N) is 2. The molecular formula is C19H18FN3O2S2. The second-order valence-electron chi connectivity index (χ2n) is 6.77. The van der Waals surface area contributed by atoms with E-state index in [9.17, 15) is 14.0 Å². The normalized spacial score (nSPS) is 16.4. The molecule has 2 N–H and O–H groups in total. The number of hydrogen-bond donors (Lipinski definition) is 1. The molecule has 1 aliphatic carbocycles. The van der Waals surface area contributed by atoms with Gasteiger partial charge in [0.05, 0.1) is 16.8 Å². The highest BCUT2D eigenvalue weighted by molar-refractivity contribution is 7.99. The van der Waals surface area contributed by atoms with Crippen LogP contribution in [0.4, 0.5) is 4.39 Å². The van der Waals surface area contributed by atoms with E-state index < -0.39 is 11.7 Å². The van der Waals surface area contributed by atoms with Gasteiger partial charge in [-0.05, 0) is 42.9 Å². The van der Waals surface area contributed by atoms with Gasteiger partial charge in [0.25, 0.3) is 5.56 Å². The van der Waals surface area contributed by atoms with Crippen molar-refractivity contribution in [2.24, 2.45) is 11.7 Å². The van der Waals surface area contributed by atoms with Gasteiger partial charge in [-0.3, -0.25) is 14.2 Å². The molecule has 0 aliphatic heterocycles.